The Morgan fingerprint density at radius 2 is 1.95 bits per heavy atom. The van der Waals surface area contributed by atoms with E-state index in [2.05, 4.69) is 27.1 Å². The van der Waals surface area contributed by atoms with E-state index in [1.165, 1.54) is 0 Å². The summed E-state index contributed by atoms with van der Waals surface area (Å²) in [6, 6.07) is 15.8. The van der Waals surface area contributed by atoms with E-state index in [1.54, 1.807) is 6.07 Å². The van der Waals surface area contributed by atoms with Crippen LogP contribution in [0.25, 0.3) is 33.3 Å². The van der Waals surface area contributed by atoms with Crippen molar-refractivity contribution in [1.29, 1.82) is 5.26 Å². The fourth-order valence-corrected chi connectivity index (χ4v) is 2.42. The zero-order valence-corrected chi connectivity index (χ0v) is 10.5. The van der Waals surface area contributed by atoms with Gasteiger partial charge in [-0.1, -0.05) is 0 Å². The first-order valence-corrected chi connectivity index (χ1v) is 6.31. The highest BCUT2D eigenvalue weighted by atomic mass is 14.9. The van der Waals surface area contributed by atoms with Crippen LogP contribution in [0, 0.1) is 11.3 Å². The molecule has 0 saturated heterocycles. The molecule has 0 amide bonds. The lowest BCUT2D eigenvalue weighted by atomic mass is 10.1. The average Bonchev–Trinajstić information content (AvgIpc) is 3.11. The van der Waals surface area contributed by atoms with Gasteiger partial charge < -0.3 is 9.97 Å². The topological polar surface area (TPSA) is 68.3 Å². The molecular weight excluding hydrogens is 248 g/mol. The van der Waals surface area contributed by atoms with E-state index in [-0.39, 0.29) is 0 Å². The van der Waals surface area contributed by atoms with Crippen molar-refractivity contribution in [3.05, 3.63) is 54.2 Å². The van der Waals surface area contributed by atoms with Crippen LogP contribution in [0.2, 0.25) is 0 Å². The molecule has 0 atom stereocenters. The average molecular weight is 258 g/mol. The largest absolute Gasteiger partial charge is 0.361 e. The lowest BCUT2D eigenvalue weighted by Crippen LogP contribution is -1.79. The number of fused-ring (bicyclic) bond motifs is 2. The summed E-state index contributed by atoms with van der Waals surface area (Å²) in [4.78, 5) is 11.0. The van der Waals surface area contributed by atoms with Gasteiger partial charge in [0.2, 0.25) is 0 Å². The monoisotopic (exact) mass is 258 g/mol. The Bertz CT molecular complexity index is 969. The SMILES string of the molecule is N#Cc1ccc2nc(-c3ccc4[nH]ccc4c3)[nH]c2c1. The predicted molar refractivity (Wildman–Crippen MR) is 78.1 cm³/mol. The van der Waals surface area contributed by atoms with Gasteiger partial charge in [-0.3, -0.25) is 0 Å². The van der Waals surface area contributed by atoms with Gasteiger partial charge in [-0.05, 0) is 42.5 Å². The van der Waals surface area contributed by atoms with Gasteiger partial charge in [0.25, 0.3) is 0 Å². The standard InChI is InChI=1S/C16H10N4/c17-9-10-1-3-14-15(7-10)20-16(19-14)12-2-4-13-11(8-12)5-6-18-13/h1-8,18H,(H,19,20). The Hall–Kier alpha value is -3.06. The van der Waals surface area contributed by atoms with Gasteiger partial charge in [0.15, 0.2) is 0 Å². The number of nitriles is 1. The van der Waals surface area contributed by atoms with Crippen molar-refractivity contribution < 1.29 is 0 Å². The summed E-state index contributed by atoms with van der Waals surface area (Å²) in [6.07, 6.45) is 1.92. The number of hydrogen-bond acceptors (Lipinski definition) is 2. The molecule has 4 aromatic rings. The van der Waals surface area contributed by atoms with Gasteiger partial charge in [-0.25, -0.2) is 4.98 Å². The number of aromatic amines is 2. The van der Waals surface area contributed by atoms with Crippen molar-refractivity contribution in [2.75, 3.05) is 0 Å². The molecule has 0 unspecified atom stereocenters. The summed E-state index contributed by atoms with van der Waals surface area (Å²) < 4.78 is 0. The van der Waals surface area contributed by atoms with E-state index in [0.29, 0.717) is 5.56 Å². The number of hydrogen-bond donors (Lipinski definition) is 2. The molecule has 0 bridgehead atoms. The summed E-state index contributed by atoms with van der Waals surface area (Å²) in [5, 5.41) is 10.1. The Kier molecular flexibility index (Phi) is 2.15. The summed E-state index contributed by atoms with van der Waals surface area (Å²) in [5.74, 6) is 0.818. The summed E-state index contributed by atoms with van der Waals surface area (Å²) in [6.45, 7) is 0. The van der Waals surface area contributed by atoms with Crippen LogP contribution in [0.3, 0.4) is 0 Å². The third-order valence-corrected chi connectivity index (χ3v) is 3.44. The fourth-order valence-electron chi connectivity index (χ4n) is 2.42. The molecule has 4 heteroatoms. The van der Waals surface area contributed by atoms with E-state index in [9.17, 15) is 0 Å². The van der Waals surface area contributed by atoms with Gasteiger partial charge in [-0.2, -0.15) is 5.26 Å². The zero-order chi connectivity index (χ0) is 13.5. The summed E-state index contributed by atoms with van der Waals surface area (Å²) >= 11 is 0. The minimum absolute atomic E-state index is 0.633. The van der Waals surface area contributed by atoms with Gasteiger partial charge in [0.1, 0.15) is 5.82 Å². The molecule has 2 N–H and O–H groups in total. The van der Waals surface area contributed by atoms with E-state index in [0.717, 1.165) is 33.3 Å². The Morgan fingerprint density at radius 1 is 1.00 bits per heavy atom. The van der Waals surface area contributed by atoms with Crippen molar-refractivity contribution in [3.63, 3.8) is 0 Å². The molecule has 0 aliphatic carbocycles. The lowest BCUT2D eigenvalue weighted by molar-refractivity contribution is 1.34. The second kappa shape index (κ2) is 3.97. The molecule has 94 valence electrons. The Labute approximate surface area is 114 Å². The maximum Gasteiger partial charge on any atom is 0.138 e. The van der Waals surface area contributed by atoms with Crippen LogP contribution in [-0.2, 0) is 0 Å². The number of nitrogens with zero attached hydrogens (tertiary/aromatic N) is 2. The van der Waals surface area contributed by atoms with Crippen molar-refractivity contribution in [1.82, 2.24) is 15.0 Å². The Balaban J connectivity index is 1.90. The van der Waals surface area contributed by atoms with Crippen LogP contribution >= 0.6 is 0 Å². The molecule has 0 saturated carbocycles. The molecule has 0 aliphatic heterocycles. The molecular formula is C16H10N4. The van der Waals surface area contributed by atoms with Crippen LogP contribution < -0.4 is 0 Å². The number of aromatic nitrogens is 3. The predicted octanol–water partition coefficient (Wildman–Crippen LogP) is 3.58. The minimum atomic E-state index is 0.633. The highest BCUT2D eigenvalue weighted by Gasteiger charge is 2.07. The second-order valence-electron chi connectivity index (χ2n) is 4.71. The first-order valence-electron chi connectivity index (χ1n) is 6.31. The molecule has 2 aromatic heterocycles. The first kappa shape index (κ1) is 10.8. The smallest absolute Gasteiger partial charge is 0.138 e. The van der Waals surface area contributed by atoms with Crippen LogP contribution in [0.15, 0.2) is 48.7 Å². The first-order chi connectivity index (χ1) is 9.83. The quantitative estimate of drug-likeness (QED) is 0.548. The molecule has 2 aromatic carbocycles. The minimum Gasteiger partial charge on any atom is -0.361 e. The summed E-state index contributed by atoms with van der Waals surface area (Å²) in [5.41, 5.74) is 4.53. The van der Waals surface area contributed by atoms with Gasteiger partial charge >= 0.3 is 0 Å². The summed E-state index contributed by atoms with van der Waals surface area (Å²) in [7, 11) is 0. The lowest BCUT2D eigenvalue weighted by Gasteiger charge is -1.96. The highest BCUT2D eigenvalue weighted by molar-refractivity contribution is 5.86. The molecule has 4 nitrogen and oxygen atoms in total. The number of H-pyrrole nitrogens is 2. The van der Waals surface area contributed by atoms with Crippen LogP contribution in [-0.4, -0.2) is 15.0 Å². The Morgan fingerprint density at radius 3 is 2.85 bits per heavy atom. The van der Waals surface area contributed by atoms with E-state index >= 15 is 0 Å². The van der Waals surface area contributed by atoms with E-state index < -0.39 is 0 Å². The third-order valence-electron chi connectivity index (χ3n) is 3.44. The molecule has 4 rings (SSSR count). The number of benzene rings is 2. The van der Waals surface area contributed by atoms with Crippen LogP contribution in [0.5, 0.6) is 0 Å². The fraction of sp³-hybridized carbons (Fsp3) is 0. The highest BCUT2D eigenvalue weighted by Crippen LogP contribution is 2.24. The number of nitrogens with one attached hydrogen (secondary N) is 2. The maximum absolute atomic E-state index is 8.93. The molecule has 0 fully saturated rings. The normalized spacial score (nSPS) is 10.9. The molecule has 0 spiro atoms. The van der Waals surface area contributed by atoms with Gasteiger partial charge in [0, 0.05) is 22.7 Å². The van der Waals surface area contributed by atoms with Crippen molar-refractivity contribution in [2.45, 2.75) is 0 Å². The van der Waals surface area contributed by atoms with Crippen molar-refractivity contribution >= 4 is 21.9 Å². The van der Waals surface area contributed by atoms with E-state index in [1.807, 2.05) is 36.5 Å². The molecule has 0 radical (unpaired) electrons. The van der Waals surface area contributed by atoms with Gasteiger partial charge in [0.05, 0.1) is 22.7 Å². The molecule has 20 heavy (non-hydrogen) atoms. The van der Waals surface area contributed by atoms with Gasteiger partial charge in [-0.15, -0.1) is 0 Å². The molecule has 0 aliphatic rings. The maximum atomic E-state index is 8.93. The van der Waals surface area contributed by atoms with Crippen molar-refractivity contribution in [3.8, 4) is 17.5 Å². The van der Waals surface area contributed by atoms with Crippen LogP contribution in [0.4, 0.5) is 0 Å². The van der Waals surface area contributed by atoms with Crippen LogP contribution in [0.1, 0.15) is 5.56 Å². The van der Waals surface area contributed by atoms with E-state index in [4.69, 9.17) is 5.26 Å². The third kappa shape index (κ3) is 1.57. The zero-order valence-electron chi connectivity index (χ0n) is 10.5. The number of rotatable bonds is 1. The molecule has 2 heterocycles. The van der Waals surface area contributed by atoms with Crippen molar-refractivity contribution in [2.24, 2.45) is 0 Å². The second-order valence-corrected chi connectivity index (χ2v) is 4.71. The number of imidazole rings is 1.